The third kappa shape index (κ3) is 5.57. The van der Waals surface area contributed by atoms with E-state index in [2.05, 4.69) is 5.32 Å². The van der Waals surface area contributed by atoms with Crippen molar-refractivity contribution in [2.45, 2.75) is 32.9 Å². The van der Waals surface area contributed by atoms with Crippen molar-refractivity contribution in [2.24, 2.45) is 0 Å². The summed E-state index contributed by atoms with van der Waals surface area (Å²) in [4.78, 5) is 40.5. The van der Waals surface area contributed by atoms with Crippen molar-refractivity contribution in [2.75, 3.05) is 13.1 Å². The predicted molar refractivity (Wildman–Crippen MR) is 116 cm³/mol. The summed E-state index contributed by atoms with van der Waals surface area (Å²) < 4.78 is 13.0. The van der Waals surface area contributed by atoms with Crippen LogP contribution in [0.4, 0.5) is 4.39 Å². The number of rotatable bonds is 7. The highest BCUT2D eigenvalue weighted by Gasteiger charge is 2.30. The molecule has 3 amide bonds. The summed E-state index contributed by atoms with van der Waals surface area (Å²) in [6, 6.07) is 13.1. The lowest BCUT2D eigenvalue weighted by Gasteiger charge is -2.33. The number of fused-ring (bicyclic) bond motifs is 1. The summed E-state index contributed by atoms with van der Waals surface area (Å²) in [5.41, 5.74) is 2.65. The molecule has 3 rings (SSSR count). The van der Waals surface area contributed by atoms with Gasteiger partial charge in [-0.2, -0.15) is 0 Å². The lowest BCUT2D eigenvalue weighted by atomic mass is 9.93. The van der Waals surface area contributed by atoms with E-state index in [1.54, 1.807) is 23.2 Å². The second kappa shape index (κ2) is 10.0. The number of carbonyl (C=O) groups is 3. The van der Waals surface area contributed by atoms with Crippen LogP contribution in [0.2, 0.25) is 0 Å². The quantitative estimate of drug-likeness (QED) is 0.743. The number of hydrogen-bond donors (Lipinski definition) is 1. The highest BCUT2D eigenvalue weighted by molar-refractivity contribution is 5.86. The van der Waals surface area contributed by atoms with Gasteiger partial charge in [0, 0.05) is 26.2 Å². The third-order valence-electron chi connectivity index (χ3n) is 5.31. The van der Waals surface area contributed by atoms with Crippen LogP contribution in [0.25, 0.3) is 6.08 Å². The van der Waals surface area contributed by atoms with E-state index in [0.717, 1.165) is 16.7 Å². The van der Waals surface area contributed by atoms with Crippen LogP contribution in [-0.2, 0) is 20.9 Å². The lowest BCUT2D eigenvalue weighted by Crippen LogP contribution is -2.42. The maximum absolute atomic E-state index is 13.0. The van der Waals surface area contributed by atoms with E-state index in [9.17, 15) is 18.8 Å². The molecule has 1 aliphatic rings. The zero-order valence-corrected chi connectivity index (χ0v) is 17.7. The Balaban J connectivity index is 1.64. The maximum Gasteiger partial charge on any atom is 0.239 e. The molecule has 1 heterocycles. The first-order chi connectivity index (χ1) is 14.9. The number of carbonyl (C=O) groups excluding carboxylic acids is 3. The summed E-state index contributed by atoms with van der Waals surface area (Å²) in [6.07, 6.45) is 3.65. The molecule has 6 nitrogen and oxygen atoms in total. The first kappa shape index (κ1) is 22.2. The Morgan fingerprint density at radius 2 is 1.81 bits per heavy atom. The molecule has 0 fully saturated rings. The zero-order valence-electron chi connectivity index (χ0n) is 17.7. The van der Waals surface area contributed by atoms with Crippen LogP contribution < -0.4 is 5.32 Å². The van der Waals surface area contributed by atoms with Gasteiger partial charge in [0.05, 0.1) is 19.0 Å². The minimum absolute atomic E-state index is 0.0825. The molecule has 0 aromatic heterocycles. The van der Waals surface area contributed by atoms with Gasteiger partial charge in [-0.25, -0.2) is 4.39 Å². The lowest BCUT2D eigenvalue weighted by molar-refractivity contribution is -0.138. The molecule has 1 atom stereocenters. The van der Waals surface area contributed by atoms with Crippen LogP contribution in [0, 0.1) is 5.82 Å². The fraction of sp³-hybridized carbons (Fsp3) is 0.292. The van der Waals surface area contributed by atoms with E-state index in [-0.39, 0.29) is 43.0 Å². The molecule has 0 saturated heterocycles. The molecule has 0 saturated carbocycles. The summed E-state index contributed by atoms with van der Waals surface area (Å²) in [7, 11) is 0. The largest absolute Gasteiger partial charge is 0.350 e. The van der Waals surface area contributed by atoms with E-state index < -0.39 is 6.04 Å². The average molecular weight is 423 g/mol. The second-order valence-corrected chi connectivity index (χ2v) is 7.40. The maximum atomic E-state index is 13.0. The topological polar surface area (TPSA) is 69.7 Å². The van der Waals surface area contributed by atoms with Crippen LogP contribution in [0.5, 0.6) is 0 Å². The smallest absolute Gasteiger partial charge is 0.239 e. The zero-order chi connectivity index (χ0) is 22.4. The molecule has 2 aromatic carbocycles. The van der Waals surface area contributed by atoms with Crippen LogP contribution in [-0.4, -0.2) is 40.6 Å². The Morgan fingerprint density at radius 1 is 1.10 bits per heavy atom. The number of benzene rings is 2. The Hall–Kier alpha value is -3.48. The van der Waals surface area contributed by atoms with Gasteiger partial charge in [-0.05, 0) is 41.8 Å². The van der Waals surface area contributed by atoms with Gasteiger partial charge >= 0.3 is 0 Å². The number of hydrogen-bond acceptors (Lipinski definition) is 3. The second-order valence-electron chi connectivity index (χ2n) is 7.40. The predicted octanol–water partition coefficient (Wildman–Crippen LogP) is 3.25. The average Bonchev–Trinajstić information content (AvgIpc) is 2.77. The van der Waals surface area contributed by atoms with Crippen molar-refractivity contribution < 1.29 is 18.8 Å². The molecule has 7 heteroatoms. The van der Waals surface area contributed by atoms with Crippen LogP contribution in [0.1, 0.15) is 43.0 Å². The van der Waals surface area contributed by atoms with Gasteiger partial charge in [-0.1, -0.05) is 36.4 Å². The molecule has 0 bridgehead atoms. The molecule has 0 spiro atoms. The highest BCUT2D eigenvalue weighted by atomic mass is 19.1. The highest BCUT2D eigenvalue weighted by Crippen LogP contribution is 2.33. The Labute approximate surface area is 181 Å². The molecule has 0 aliphatic carbocycles. The number of nitrogens with zero attached hydrogens (tertiary/aromatic N) is 2. The Bertz CT molecular complexity index is 988. The summed E-state index contributed by atoms with van der Waals surface area (Å²) in [6.45, 7) is 3.82. The normalized spacial score (nSPS) is 14.7. The van der Waals surface area contributed by atoms with E-state index in [1.807, 2.05) is 37.3 Å². The molecule has 1 N–H and O–H groups in total. The van der Waals surface area contributed by atoms with Crippen LogP contribution in [0.15, 0.2) is 54.7 Å². The molecule has 31 heavy (non-hydrogen) atoms. The van der Waals surface area contributed by atoms with Gasteiger partial charge < -0.3 is 15.1 Å². The SMILES string of the molecule is CCN(CC(=O)NCc1ccc(F)cc1)C(=O)CC1c2ccccc2C=CN1C(C)=O. The standard InChI is InChI=1S/C24H26FN3O3/c1-3-27(16-23(30)26-15-18-8-10-20(25)11-9-18)24(31)14-22-21-7-5-4-6-19(21)12-13-28(22)17(2)29/h4-13,22H,3,14-16H2,1-2H3,(H,26,30). The van der Waals surface area contributed by atoms with E-state index in [1.165, 1.54) is 24.0 Å². The first-order valence-electron chi connectivity index (χ1n) is 10.2. The fourth-order valence-electron chi connectivity index (χ4n) is 3.62. The minimum atomic E-state index is -0.414. The van der Waals surface area contributed by atoms with Crippen molar-refractivity contribution in [3.05, 3.63) is 77.2 Å². The van der Waals surface area contributed by atoms with Gasteiger partial charge in [0.2, 0.25) is 17.7 Å². The summed E-state index contributed by atoms with van der Waals surface area (Å²) >= 11 is 0. The van der Waals surface area contributed by atoms with E-state index >= 15 is 0 Å². The molecular weight excluding hydrogens is 397 g/mol. The number of halogens is 1. The van der Waals surface area contributed by atoms with Crippen molar-refractivity contribution in [1.82, 2.24) is 15.1 Å². The van der Waals surface area contributed by atoms with Crippen LogP contribution >= 0.6 is 0 Å². The molecule has 1 aliphatic heterocycles. The van der Waals surface area contributed by atoms with Gasteiger partial charge in [0.15, 0.2) is 0 Å². The van der Waals surface area contributed by atoms with Crippen molar-refractivity contribution in [3.8, 4) is 0 Å². The van der Waals surface area contributed by atoms with Gasteiger partial charge in [0.1, 0.15) is 5.82 Å². The molecule has 0 radical (unpaired) electrons. The Kier molecular flexibility index (Phi) is 7.18. The number of likely N-dealkylation sites (N-methyl/N-ethyl adjacent to an activating group) is 1. The van der Waals surface area contributed by atoms with Gasteiger partial charge in [-0.15, -0.1) is 0 Å². The number of nitrogens with one attached hydrogen (secondary N) is 1. The molecule has 162 valence electrons. The van der Waals surface area contributed by atoms with Crippen molar-refractivity contribution in [1.29, 1.82) is 0 Å². The first-order valence-corrected chi connectivity index (χ1v) is 10.2. The molecule has 2 aromatic rings. The number of amides is 3. The van der Waals surface area contributed by atoms with Gasteiger partial charge in [-0.3, -0.25) is 14.4 Å². The van der Waals surface area contributed by atoms with Crippen molar-refractivity contribution >= 4 is 23.8 Å². The Morgan fingerprint density at radius 3 is 2.48 bits per heavy atom. The monoisotopic (exact) mass is 423 g/mol. The van der Waals surface area contributed by atoms with Crippen molar-refractivity contribution in [3.63, 3.8) is 0 Å². The fourth-order valence-corrected chi connectivity index (χ4v) is 3.62. The van der Waals surface area contributed by atoms with Crippen LogP contribution in [0.3, 0.4) is 0 Å². The van der Waals surface area contributed by atoms with E-state index in [0.29, 0.717) is 6.54 Å². The van der Waals surface area contributed by atoms with Gasteiger partial charge in [0.25, 0.3) is 0 Å². The summed E-state index contributed by atoms with van der Waals surface area (Å²) in [5, 5.41) is 2.75. The molecular formula is C24H26FN3O3. The van der Waals surface area contributed by atoms with E-state index in [4.69, 9.17) is 0 Å². The summed E-state index contributed by atoms with van der Waals surface area (Å²) in [5.74, 6) is -0.993. The molecule has 1 unspecified atom stereocenters. The minimum Gasteiger partial charge on any atom is -0.350 e. The third-order valence-corrected chi connectivity index (χ3v) is 5.31.